The summed E-state index contributed by atoms with van der Waals surface area (Å²) in [5, 5.41) is 0. The van der Waals surface area contributed by atoms with Crippen LogP contribution in [0, 0.1) is 0 Å². The van der Waals surface area contributed by atoms with Crippen LogP contribution in [0.25, 0.3) is 0 Å². The highest BCUT2D eigenvalue weighted by atomic mass is 31.1. The molecule has 0 N–H and O–H groups in total. The second kappa shape index (κ2) is 7.66. The van der Waals surface area contributed by atoms with E-state index in [-0.39, 0.29) is 0 Å². The van der Waals surface area contributed by atoms with Gasteiger partial charge in [-0.3, -0.25) is 0 Å². The number of hydrogen-bond acceptors (Lipinski definition) is 0. The summed E-state index contributed by atoms with van der Waals surface area (Å²) in [6.45, 7) is 6.45. The van der Waals surface area contributed by atoms with Crippen molar-refractivity contribution in [3.63, 3.8) is 0 Å². The summed E-state index contributed by atoms with van der Waals surface area (Å²) < 4.78 is 0. The minimum absolute atomic E-state index is 0.439. The molecule has 0 amide bonds. The number of hydrogen-bond donors (Lipinski definition) is 0. The van der Waals surface area contributed by atoms with Crippen LogP contribution in [0.15, 0.2) is 0 Å². The van der Waals surface area contributed by atoms with Gasteiger partial charge < -0.3 is 0 Å². The van der Waals surface area contributed by atoms with Gasteiger partial charge in [0, 0.05) is 0 Å². The highest BCUT2D eigenvalue weighted by Crippen LogP contribution is 2.56. The van der Waals surface area contributed by atoms with Crippen molar-refractivity contribution in [1.82, 2.24) is 0 Å². The molecule has 0 radical (unpaired) electrons. The Balaban J connectivity index is 0.000000531. The van der Waals surface area contributed by atoms with Crippen molar-refractivity contribution in [3.8, 4) is 0 Å². The predicted octanol–water partition coefficient (Wildman–Crippen LogP) is 5.40. The lowest BCUT2D eigenvalue weighted by Gasteiger charge is -2.28. The fourth-order valence-corrected chi connectivity index (χ4v) is 6.97. The largest absolute Gasteiger partial charge is 0.101 e. The van der Waals surface area contributed by atoms with Gasteiger partial charge in [-0.1, -0.05) is 46.5 Å². The molecule has 2 fully saturated rings. The molecule has 2 saturated carbocycles. The van der Waals surface area contributed by atoms with Gasteiger partial charge >= 0.3 is 0 Å². The maximum atomic E-state index is 2.45. The van der Waals surface area contributed by atoms with Gasteiger partial charge in [0.2, 0.25) is 0 Å². The molecule has 2 rings (SSSR count). The van der Waals surface area contributed by atoms with Crippen LogP contribution in [0.1, 0.15) is 72.1 Å². The van der Waals surface area contributed by atoms with Crippen LogP contribution in [0.5, 0.6) is 0 Å². The quantitative estimate of drug-likeness (QED) is 0.567. The Morgan fingerprint density at radius 1 is 0.800 bits per heavy atom. The summed E-state index contributed by atoms with van der Waals surface area (Å²) >= 11 is 0. The lowest BCUT2D eigenvalue weighted by Crippen LogP contribution is -2.11. The normalized spacial score (nSPS) is 23.2. The third-order valence-electron chi connectivity index (χ3n) is 3.95. The van der Waals surface area contributed by atoms with Crippen LogP contribution in [-0.2, 0) is 0 Å². The Hall–Kier alpha value is 0.430. The van der Waals surface area contributed by atoms with Crippen LogP contribution in [0.4, 0.5) is 0 Å². The van der Waals surface area contributed by atoms with Crippen molar-refractivity contribution in [2.75, 3.05) is 6.16 Å². The third kappa shape index (κ3) is 3.74. The molecule has 0 aliphatic heterocycles. The van der Waals surface area contributed by atoms with E-state index in [1.165, 1.54) is 43.2 Å². The average molecular weight is 228 g/mol. The fourth-order valence-electron chi connectivity index (χ4n) is 3.29. The Morgan fingerprint density at radius 2 is 1.13 bits per heavy atom. The molecule has 0 heterocycles. The second-order valence-electron chi connectivity index (χ2n) is 4.71. The zero-order valence-electron chi connectivity index (χ0n) is 11.0. The molecule has 0 spiro atoms. The van der Waals surface area contributed by atoms with Crippen LogP contribution < -0.4 is 0 Å². The molecular formula is C14H29P. The molecule has 0 nitrogen and oxygen atoms in total. The van der Waals surface area contributed by atoms with Crippen molar-refractivity contribution in [2.45, 2.75) is 83.5 Å². The molecule has 0 bridgehead atoms. The van der Waals surface area contributed by atoms with Crippen LogP contribution in [0.3, 0.4) is 0 Å². The third-order valence-corrected chi connectivity index (χ3v) is 7.59. The minimum Gasteiger partial charge on any atom is -0.101 e. The van der Waals surface area contributed by atoms with E-state index in [0.717, 1.165) is 0 Å². The molecule has 1 heteroatoms. The second-order valence-corrected chi connectivity index (χ2v) is 7.83. The summed E-state index contributed by atoms with van der Waals surface area (Å²) in [5.74, 6) is 0. The van der Waals surface area contributed by atoms with Crippen molar-refractivity contribution < 1.29 is 0 Å². The smallest absolute Gasteiger partial charge is 0.0207 e. The topological polar surface area (TPSA) is 0 Å². The molecule has 2 aliphatic rings. The van der Waals surface area contributed by atoms with E-state index in [4.69, 9.17) is 0 Å². The SMILES string of the molecule is CC.CCP(C1CCCC1)C1CCCC1. The molecule has 2 aliphatic carbocycles. The molecule has 0 aromatic carbocycles. The van der Waals surface area contributed by atoms with E-state index in [0.29, 0.717) is 7.92 Å². The van der Waals surface area contributed by atoms with Gasteiger partial charge in [-0.15, -0.1) is 7.92 Å². The zero-order valence-corrected chi connectivity index (χ0v) is 11.9. The first-order valence-corrected chi connectivity index (χ1v) is 8.84. The molecule has 0 unspecified atom stereocenters. The van der Waals surface area contributed by atoms with E-state index >= 15 is 0 Å². The number of rotatable bonds is 3. The molecule has 15 heavy (non-hydrogen) atoms. The molecular weight excluding hydrogens is 199 g/mol. The highest BCUT2D eigenvalue weighted by molar-refractivity contribution is 7.59. The van der Waals surface area contributed by atoms with Crippen LogP contribution >= 0.6 is 7.92 Å². The first kappa shape index (κ1) is 13.5. The van der Waals surface area contributed by atoms with Crippen LogP contribution in [0.2, 0.25) is 0 Å². The van der Waals surface area contributed by atoms with E-state index in [9.17, 15) is 0 Å². The molecule has 0 atom stereocenters. The fraction of sp³-hybridized carbons (Fsp3) is 1.00. The summed E-state index contributed by atoms with van der Waals surface area (Å²) in [4.78, 5) is 0. The maximum absolute atomic E-state index is 2.45. The lowest BCUT2D eigenvalue weighted by atomic mass is 10.4. The summed E-state index contributed by atoms with van der Waals surface area (Å²) in [6.07, 6.45) is 14.0. The van der Waals surface area contributed by atoms with Gasteiger partial charge in [-0.25, -0.2) is 0 Å². The van der Waals surface area contributed by atoms with E-state index in [2.05, 4.69) is 6.92 Å². The van der Waals surface area contributed by atoms with Crippen molar-refractivity contribution in [3.05, 3.63) is 0 Å². The summed E-state index contributed by atoms with van der Waals surface area (Å²) in [7, 11) is 0.439. The molecule has 0 aromatic heterocycles. The van der Waals surface area contributed by atoms with Gasteiger partial charge in [0.15, 0.2) is 0 Å². The van der Waals surface area contributed by atoms with Gasteiger partial charge in [0.05, 0.1) is 0 Å². The Morgan fingerprint density at radius 3 is 1.40 bits per heavy atom. The Bertz CT molecular complexity index is 127. The predicted molar refractivity (Wildman–Crippen MR) is 73.3 cm³/mol. The lowest BCUT2D eigenvalue weighted by molar-refractivity contribution is 0.825. The standard InChI is InChI=1S/C12H23P.C2H6/c1-2-13(11-7-3-4-8-11)12-9-5-6-10-12;1-2/h11-12H,2-10H2,1H3;1-2H3. The molecule has 90 valence electrons. The molecule has 0 aromatic rings. The monoisotopic (exact) mass is 228 g/mol. The highest BCUT2D eigenvalue weighted by Gasteiger charge is 2.30. The maximum Gasteiger partial charge on any atom is -0.0207 e. The first-order chi connectivity index (χ1) is 7.42. The van der Waals surface area contributed by atoms with E-state index in [1.54, 1.807) is 25.7 Å². The Kier molecular flexibility index (Phi) is 6.89. The van der Waals surface area contributed by atoms with Crippen LogP contribution in [-0.4, -0.2) is 17.5 Å². The van der Waals surface area contributed by atoms with E-state index < -0.39 is 0 Å². The van der Waals surface area contributed by atoms with Gasteiger partial charge in [-0.05, 0) is 43.2 Å². The molecule has 0 saturated heterocycles. The van der Waals surface area contributed by atoms with Gasteiger partial charge in [0.1, 0.15) is 0 Å². The van der Waals surface area contributed by atoms with Gasteiger partial charge in [0.25, 0.3) is 0 Å². The minimum atomic E-state index is 0.439. The summed E-state index contributed by atoms with van der Waals surface area (Å²) in [5.41, 5.74) is 2.37. The summed E-state index contributed by atoms with van der Waals surface area (Å²) in [6, 6.07) is 0. The Labute approximate surface area is 98.0 Å². The van der Waals surface area contributed by atoms with Gasteiger partial charge in [-0.2, -0.15) is 0 Å². The zero-order chi connectivity index (χ0) is 11.1. The van der Waals surface area contributed by atoms with Crippen molar-refractivity contribution >= 4 is 7.92 Å². The van der Waals surface area contributed by atoms with E-state index in [1.807, 2.05) is 13.8 Å². The average Bonchev–Trinajstić information content (AvgIpc) is 2.94. The first-order valence-electron chi connectivity index (χ1n) is 7.17. The van der Waals surface area contributed by atoms with Crippen molar-refractivity contribution in [1.29, 1.82) is 0 Å². The van der Waals surface area contributed by atoms with Crippen molar-refractivity contribution in [2.24, 2.45) is 0 Å².